The molecule has 0 fully saturated rings. The van der Waals surface area contributed by atoms with E-state index in [9.17, 15) is 4.79 Å². The van der Waals surface area contributed by atoms with E-state index in [1.807, 2.05) is 6.92 Å². The number of anilines is 1. The summed E-state index contributed by atoms with van der Waals surface area (Å²) in [6, 6.07) is 8.57. The molecule has 0 unspecified atom stereocenters. The SMILES string of the molecule is Cc1sc2nc(SCC(=O)NC[C@@H]3CCCc4ccccc43)nc(N)c2c1C. The molecule has 28 heavy (non-hydrogen) atoms. The van der Waals surface area contributed by atoms with Crippen molar-refractivity contribution in [1.29, 1.82) is 0 Å². The Labute approximate surface area is 173 Å². The van der Waals surface area contributed by atoms with E-state index < -0.39 is 0 Å². The van der Waals surface area contributed by atoms with Gasteiger partial charge in [-0.2, -0.15) is 0 Å². The smallest absolute Gasteiger partial charge is 0.230 e. The Morgan fingerprint density at radius 1 is 1.32 bits per heavy atom. The molecule has 0 spiro atoms. The topological polar surface area (TPSA) is 80.9 Å². The third-order valence-electron chi connectivity index (χ3n) is 5.41. The van der Waals surface area contributed by atoms with Crippen LogP contribution in [0, 0.1) is 13.8 Å². The van der Waals surface area contributed by atoms with Gasteiger partial charge in [0.2, 0.25) is 5.91 Å². The number of aromatic nitrogens is 2. The minimum atomic E-state index is 0.00821. The fourth-order valence-corrected chi connectivity index (χ4v) is 5.59. The molecule has 4 rings (SSSR count). The predicted octanol–water partition coefficient (Wildman–Crippen LogP) is 4.22. The van der Waals surface area contributed by atoms with E-state index >= 15 is 0 Å². The summed E-state index contributed by atoms with van der Waals surface area (Å²) < 4.78 is 0. The number of nitrogen functional groups attached to an aromatic ring is 1. The summed E-state index contributed by atoms with van der Waals surface area (Å²) in [6.45, 7) is 4.78. The van der Waals surface area contributed by atoms with Crippen molar-refractivity contribution in [3.63, 3.8) is 0 Å². The predicted molar refractivity (Wildman–Crippen MR) is 117 cm³/mol. The Bertz CT molecular complexity index is 1030. The van der Waals surface area contributed by atoms with Crippen molar-refractivity contribution >= 4 is 45.0 Å². The molecule has 1 atom stereocenters. The van der Waals surface area contributed by atoms with Crippen LogP contribution in [-0.4, -0.2) is 28.2 Å². The monoisotopic (exact) mass is 412 g/mol. The zero-order chi connectivity index (χ0) is 19.7. The fraction of sp³-hybridized carbons (Fsp3) is 0.381. The number of fused-ring (bicyclic) bond motifs is 2. The molecule has 1 aliphatic carbocycles. The molecule has 2 aromatic heterocycles. The number of thioether (sulfide) groups is 1. The van der Waals surface area contributed by atoms with Gasteiger partial charge in [-0.3, -0.25) is 4.79 Å². The number of hydrogen-bond donors (Lipinski definition) is 2. The van der Waals surface area contributed by atoms with Crippen LogP contribution in [-0.2, 0) is 11.2 Å². The summed E-state index contributed by atoms with van der Waals surface area (Å²) in [5.41, 5.74) is 10.1. The number of rotatable bonds is 5. The minimum absolute atomic E-state index is 0.00821. The molecule has 0 saturated heterocycles. The van der Waals surface area contributed by atoms with E-state index in [2.05, 4.69) is 46.5 Å². The van der Waals surface area contributed by atoms with Crippen molar-refractivity contribution in [2.75, 3.05) is 18.0 Å². The van der Waals surface area contributed by atoms with Crippen molar-refractivity contribution in [2.24, 2.45) is 0 Å². The van der Waals surface area contributed by atoms with E-state index in [1.165, 1.54) is 34.2 Å². The first-order valence-corrected chi connectivity index (χ1v) is 11.3. The molecule has 1 aliphatic rings. The number of nitrogens with two attached hydrogens (primary N) is 1. The van der Waals surface area contributed by atoms with E-state index in [-0.39, 0.29) is 5.91 Å². The molecular formula is C21H24N4OS2. The molecule has 146 valence electrons. The van der Waals surface area contributed by atoms with Crippen molar-refractivity contribution in [2.45, 2.75) is 44.2 Å². The lowest BCUT2D eigenvalue weighted by molar-refractivity contribution is -0.118. The second-order valence-electron chi connectivity index (χ2n) is 7.24. The zero-order valence-corrected chi connectivity index (χ0v) is 17.8. The number of nitrogens with one attached hydrogen (secondary N) is 1. The standard InChI is InChI=1S/C21H24N4OS2/c1-12-13(2)28-20-18(12)19(22)24-21(25-20)27-11-17(26)23-10-15-8-5-7-14-6-3-4-9-16(14)15/h3-4,6,9,15H,5,7-8,10-11H2,1-2H3,(H,23,26)(H2,22,24,25)/t15-/m0/s1. The maximum atomic E-state index is 12.4. The third-order valence-corrected chi connectivity index (χ3v) is 7.36. The number of carbonyl (C=O) groups excluding carboxylic acids is 1. The molecule has 2 heterocycles. The molecule has 1 aromatic carbocycles. The molecule has 0 saturated carbocycles. The lowest BCUT2D eigenvalue weighted by atomic mass is 9.83. The third kappa shape index (κ3) is 3.86. The average molecular weight is 413 g/mol. The Morgan fingerprint density at radius 2 is 2.14 bits per heavy atom. The maximum absolute atomic E-state index is 12.4. The summed E-state index contributed by atoms with van der Waals surface area (Å²) in [5.74, 6) is 1.20. The second-order valence-corrected chi connectivity index (χ2v) is 9.38. The van der Waals surface area contributed by atoms with Crippen LogP contribution in [0.15, 0.2) is 29.4 Å². The van der Waals surface area contributed by atoms with Crippen LogP contribution in [0.4, 0.5) is 5.82 Å². The summed E-state index contributed by atoms with van der Waals surface area (Å²) >= 11 is 2.96. The van der Waals surface area contributed by atoms with Gasteiger partial charge in [-0.1, -0.05) is 36.0 Å². The number of carbonyl (C=O) groups is 1. The van der Waals surface area contributed by atoms with Crippen molar-refractivity contribution in [3.05, 3.63) is 45.8 Å². The first-order chi connectivity index (χ1) is 13.5. The summed E-state index contributed by atoms with van der Waals surface area (Å²) in [6.07, 6.45) is 3.44. The number of aryl methyl sites for hydroxylation is 3. The highest BCUT2D eigenvalue weighted by molar-refractivity contribution is 7.99. The first kappa shape index (κ1) is 19.2. The molecule has 5 nitrogen and oxygen atoms in total. The zero-order valence-electron chi connectivity index (χ0n) is 16.1. The summed E-state index contributed by atoms with van der Waals surface area (Å²) in [7, 11) is 0. The van der Waals surface area contributed by atoms with Crippen molar-refractivity contribution in [3.8, 4) is 0 Å². The Balaban J connectivity index is 1.36. The van der Waals surface area contributed by atoms with Gasteiger partial charge in [0, 0.05) is 17.3 Å². The highest BCUT2D eigenvalue weighted by atomic mass is 32.2. The molecular weight excluding hydrogens is 388 g/mol. The van der Waals surface area contributed by atoms with Crippen LogP contribution >= 0.6 is 23.1 Å². The number of amides is 1. The molecule has 0 aliphatic heterocycles. The van der Waals surface area contributed by atoms with E-state index in [0.29, 0.717) is 29.2 Å². The largest absolute Gasteiger partial charge is 0.383 e. The normalized spacial score (nSPS) is 16.1. The molecule has 0 bridgehead atoms. The van der Waals surface area contributed by atoms with E-state index in [0.717, 1.165) is 28.6 Å². The highest BCUT2D eigenvalue weighted by Crippen LogP contribution is 2.33. The van der Waals surface area contributed by atoms with E-state index in [1.54, 1.807) is 11.3 Å². The number of nitrogens with zero attached hydrogens (tertiary/aromatic N) is 2. The van der Waals surface area contributed by atoms with Gasteiger partial charge in [0.15, 0.2) is 5.16 Å². The Hall–Kier alpha value is -2.12. The summed E-state index contributed by atoms with van der Waals surface area (Å²) in [4.78, 5) is 23.4. The Kier molecular flexibility index (Phi) is 5.55. The minimum Gasteiger partial charge on any atom is -0.383 e. The van der Waals surface area contributed by atoms with Gasteiger partial charge >= 0.3 is 0 Å². The highest BCUT2D eigenvalue weighted by Gasteiger charge is 2.20. The summed E-state index contributed by atoms with van der Waals surface area (Å²) in [5, 5.41) is 4.58. The van der Waals surface area contributed by atoms with Crippen LogP contribution in [0.1, 0.15) is 40.3 Å². The van der Waals surface area contributed by atoms with Gasteiger partial charge in [0.05, 0.1) is 11.1 Å². The van der Waals surface area contributed by atoms with Crippen LogP contribution in [0.2, 0.25) is 0 Å². The van der Waals surface area contributed by atoms with Crippen LogP contribution < -0.4 is 11.1 Å². The molecule has 3 aromatic rings. The Morgan fingerprint density at radius 3 is 3.00 bits per heavy atom. The lowest BCUT2D eigenvalue weighted by Crippen LogP contribution is -2.31. The quantitative estimate of drug-likeness (QED) is 0.484. The second kappa shape index (κ2) is 8.09. The fourth-order valence-electron chi connectivity index (χ4n) is 3.81. The van der Waals surface area contributed by atoms with Gasteiger partial charge in [-0.25, -0.2) is 9.97 Å². The van der Waals surface area contributed by atoms with Crippen LogP contribution in [0.3, 0.4) is 0 Å². The number of hydrogen-bond acceptors (Lipinski definition) is 6. The maximum Gasteiger partial charge on any atom is 0.230 e. The van der Waals surface area contributed by atoms with Gasteiger partial charge in [0.1, 0.15) is 10.6 Å². The van der Waals surface area contributed by atoms with Crippen LogP contribution in [0.5, 0.6) is 0 Å². The van der Waals surface area contributed by atoms with Crippen LogP contribution in [0.25, 0.3) is 10.2 Å². The van der Waals surface area contributed by atoms with E-state index in [4.69, 9.17) is 5.73 Å². The van der Waals surface area contributed by atoms with Gasteiger partial charge < -0.3 is 11.1 Å². The first-order valence-electron chi connectivity index (χ1n) is 9.53. The van der Waals surface area contributed by atoms with Gasteiger partial charge in [-0.05, 0) is 49.8 Å². The molecule has 7 heteroatoms. The van der Waals surface area contributed by atoms with Gasteiger partial charge in [0.25, 0.3) is 0 Å². The van der Waals surface area contributed by atoms with Crippen molar-refractivity contribution in [1.82, 2.24) is 15.3 Å². The number of benzene rings is 1. The van der Waals surface area contributed by atoms with Crippen molar-refractivity contribution < 1.29 is 4.79 Å². The average Bonchev–Trinajstić information content (AvgIpc) is 2.98. The molecule has 1 amide bonds. The van der Waals surface area contributed by atoms with Gasteiger partial charge in [-0.15, -0.1) is 11.3 Å². The molecule has 0 radical (unpaired) electrons. The number of thiophene rings is 1. The molecule has 3 N–H and O–H groups in total. The lowest BCUT2D eigenvalue weighted by Gasteiger charge is -2.25.